The highest BCUT2D eigenvalue weighted by molar-refractivity contribution is 5.82. The van der Waals surface area contributed by atoms with Gasteiger partial charge in [-0.1, -0.05) is 0 Å². The van der Waals surface area contributed by atoms with Crippen LogP contribution in [0.1, 0.15) is 27.2 Å². The van der Waals surface area contributed by atoms with E-state index in [0.29, 0.717) is 13.2 Å². The lowest BCUT2D eigenvalue weighted by molar-refractivity contribution is -0.159. The molecule has 15 heavy (non-hydrogen) atoms. The average molecular weight is 214 g/mol. The molecule has 1 rings (SSSR count). The number of carbonyl (C=O) groups excluding carboxylic acids is 1. The Morgan fingerprint density at radius 2 is 2.20 bits per heavy atom. The van der Waals surface area contributed by atoms with Crippen LogP contribution in [0.2, 0.25) is 0 Å². The zero-order chi connectivity index (χ0) is 11.5. The SMILES string of the molecule is CNCCC1OCCN(C(C)(C)C)C1=O. The molecule has 4 heteroatoms. The molecule has 1 saturated heterocycles. The van der Waals surface area contributed by atoms with Gasteiger partial charge in [-0.05, 0) is 40.8 Å². The molecule has 0 aromatic heterocycles. The van der Waals surface area contributed by atoms with Gasteiger partial charge >= 0.3 is 0 Å². The second-order valence-electron chi connectivity index (χ2n) is 4.91. The fourth-order valence-corrected chi connectivity index (χ4v) is 1.79. The summed E-state index contributed by atoms with van der Waals surface area (Å²) < 4.78 is 5.49. The van der Waals surface area contributed by atoms with Crippen molar-refractivity contribution in [2.45, 2.75) is 38.8 Å². The molecule has 1 aliphatic rings. The molecule has 4 nitrogen and oxygen atoms in total. The van der Waals surface area contributed by atoms with Gasteiger partial charge in [0, 0.05) is 12.1 Å². The Morgan fingerprint density at radius 1 is 1.53 bits per heavy atom. The Hall–Kier alpha value is -0.610. The third-order valence-corrected chi connectivity index (χ3v) is 2.64. The summed E-state index contributed by atoms with van der Waals surface area (Å²) in [5, 5.41) is 3.04. The molecule has 0 spiro atoms. The van der Waals surface area contributed by atoms with Crippen molar-refractivity contribution >= 4 is 5.91 Å². The van der Waals surface area contributed by atoms with E-state index in [9.17, 15) is 4.79 Å². The topological polar surface area (TPSA) is 41.6 Å². The van der Waals surface area contributed by atoms with E-state index >= 15 is 0 Å². The Balaban J connectivity index is 2.59. The van der Waals surface area contributed by atoms with Crippen LogP contribution in [0.25, 0.3) is 0 Å². The summed E-state index contributed by atoms with van der Waals surface area (Å²) in [7, 11) is 1.88. The lowest BCUT2D eigenvalue weighted by atomic mass is 10.0. The number of rotatable bonds is 3. The Kier molecular flexibility index (Phi) is 4.11. The van der Waals surface area contributed by atoms with Gasteiger partial charge in [0.1, 0.15) is 6.10 Å². The van der Waals surface area contributed by atoms with Gasteiger partial charge in [-0.2, -0.15) is 0 Å². The highest BCUT2D eigenvalue weighted by atomic mass is 16.5. The highest BCUT2D eigenvalue weighted by Crippen LogP contribution is 2.19. The van der Waals surface area contributed by atoms with Crippen molar-refractivity contribution in [3.8, 4) is 0 Å². The maximum atomic E-state index is 12.1. The number of nitrogens with zero attached hydrogens (tertiary/aromatic N) is 1. The summed E-state index contributed by atoms with van der Waals surface area (Å²) in [6, 6.07) is 0. The summed E-state index contributed by atoms with van der Waals surface area (Å²) >= 11 is 0. The fourth-order valence-electron chi connectivity index (χ4n) is 1.79. The molecule has 1 N–H and O–H groups in total. The molecule has 0 radical (unpaired) electrons. The van der Waals surface area contributed by atoms with Gasteiger partial charge in [0.25, 0.3) is 5.91 Å². The number of morpholine rings is 1. The molecule has 0 bridgehead atoms. The summed E-state index contributed by atoms with van der Waals surface area (Å²) in [5.74, 6) is 0.129. The van der Waals surface area contributed by atoms with E-state index in [1.54, 1.807) is 0 Å². The van der Waals surface area contributed by atoms with Gasteiger partial charge in [-0.15, -0.1) is 0 Å². The Morgan fingerprint density at radius 3 is 2.73 bits per heavy atom. The minimum Gasteiger partial charge on any atom is -0.366 e. The van der Waals surface area contributed by atoms with Crippen LogP contribution in [0.3, 0.4) is 0 Å². The first kappa shape index (κ1) is 12.5. The first-order chi connectivity index (χ1) is 6.96. The Labute approximate surface area is 92.0 Å². The van der Waals surface area contributed by atoms with Crippen molar-refractivity contribution in [2.75, 3.05) is 26.7 Å². The van der Waals surface area contributed by atoms with Crippen LogP contribution in [0, 0.1) is 0 Å². The molecular weight excluding hydrogens is 192 g/mol. The molecular formula is C11H22N2O2. The van der Waals surface area contributed by atoms with Crippen LogP contribution in [0.15, 0.2) is 0 Å². The van der Waals surface area contributed by atoms with Crippen LogP contribution in [-0.2, 0) is 9.53 Å². The van der Waals surface area contributed by atoms with Gasteiger partial charge in [0.05, 0.1) is 6.61 Å². The number of hydrogen-bond donors (Lipinski definition) is 1. The van der Waals surface area contributed by atoms with E-state index in [4.69, 9.17) is 4.74 Å². The number of hydrogen-bond acceptors (Lipinski definition) is 3. The maximum absolute atomic E-state index is 12.1. The third kappa shape index (κ3) is 3.18. The third-order valence-electron chi connectivity index (χ3n) is 2.64. The molecule has 0 aliphatic carbocycles. The summed E-state index contributed by atoms with van der Waals surface area (Å²) in [6.45, 7) is 8.35. The first-order valence-corrected chi connectivity index (χ1v) is 5.54. The number of carbonyl (C=O) groups is 1. The van der Waals surface area contributed by atoms with Crippen molar-refractivity contribution in [1.29, 1.82) is 0 Å². The number of ether oxygens (including phenoxy) is 1. The minimum atomic E-state index is -0.259. The molecule has 1 heterocycles. The van der Waals surface area contributed by atoms with Crippen molar-refractivity contribution in [2.24, 2.45) is 0 Å². The number of nitrogens with one attached hydrogen (secondary N) is 1. The summed E-state index contributed by atoms with van der Waals surface area (Å²) in [6.07, 6.45) is 0.493. The van der Waals surface area contributed by atoms with E-state index in [2.05, 4.69) is 26.1 Å². The standard InChI is InChI=1S/C11H22N2O2/c1-11(2,3)13-7-8-15-9(10(13)14)5-6-12-4/h9,12H,5-8H2,1-4H3. The molecule has 0 aromatic carbocycles. The second-order valence-corrected chi connectivity index (χ2v) is 4.91. The van der Waals surface area contributed by atoms with E-state index in [0.717, 1.165) is 13.0 Å². The molecule has 1 amide bonds. The quantitative estimate of drug-likeness (QED) is 0.749. The van der Waals surface area contributed by atoms with E-state index in [1.807, 2.05) is 11.9 Å². The first-order valence-electron chi connectivity index (χ1n) is 5.54. The molecule has 0 aromatic rings. The van der Waals surface area contributed by atoms with Gasteiger partial charge in [0.15, 0.2) is 0 Å². The average Bonchev–Trinajstić information content (AvgIpc) is 2.14. The lowest BCUT2D eigenvalue weighted by Gasteiger charge is -2.41. The summed E-state index contributed by atoms with van der Waals surface area (Å²) in [5.41, 5.74) is -0.0985. The van der Waals surface area contributed by atoms with Crippen LogP contribution in [-0.4, -0.2) is 49.2 Å². The van der Waals surface area contributed by atoms with E-state index in [1.165, 1.54) is 0 Å². The predicted molar refractivity (Wildman–Crippen MR) is 59.7 cm³/mol. The minimum absolute atomic E-state index is 0.0985. The largest absolute Gasteiger partial charge is 0.366 e. The maximum Gasteiger partial charge on any atom is 0.252 e. The van der Waals surface area contributed by atoms with Crippen molar-refractivity contribution in [3.63, 3.8) is 0 Å². The molecule has 1 unspecified atom stereocenters. The second kappa shape index (κ2) is 4.94. The monoisotopic (exact) mass is 214 g/mol. The molecule has 0 saturated carbocycles. The van der Waals surface area contributed by atoms with Crippen LogP contribution >= 0.6 is 0 Å². The van der Waals surface area contributed by atoms with Crippen molar-refractivity contribution < 1.29 is 9.53 Å². The molecule has 1 atom stereocenters. The van der Waals surface area contributed by atoms with Crippen LogP contribution in [0.4, 0.5) is 0 Å². The van der Waals surface area contributed by atoms with Gasteiger partial charge in [-0.3, -0.25) is 4.79 Å². The normalized spacial score (nSPS) is 23.3. The van der Waals surface area contributed by atoms with E-state index < -0.39 is 0 Å². The Bertz CT molecular complexity index is 223. The zero-order valence-electron chi connectivity index (χ0n) is 10.2. The smallest absolute Gasteiger partial charge is 0.252 e. The van der Waals surface area contributed by atoms with Crippen LogP contribution < -0.4 is 5.32 Å². The lowest BCUT2D eigenvalue weighted by Crippen LogP contribution is -2.55. The van der Waals surface area contributed by atoms with Crippen molar-refractivity contribution in [1.82, 2.24) is 10.2 Å². The van der Waals surface area contributed by atoms with Gasteiger partial charge < -0.3 is 15.0 Å². The van der Waals surface area contributed by atoms with Crippen LogP contribution in [0.5, 0.6) is 0 Å². The number of amides is 1. The fraction of sp³-hybridized carbons (Fsp3) is 0.909. The van der Waals surface area contributed by atoms with Gasteiger partial charge in [-0.25, -0.2) is 0 Å². The summed E-state index contributed by atoms with van der Waals surface area (Å²) in [4.78, 5) is 14.0. The van der Waals surface area contributed by atoms with Gasteiger partial charge in [0.2, 0.25) is 0 Å². The highest BCUT2D eigenvalue weighted by Gasteiger charge is 2.35. The van der Waals surface area contributed by atoms with Crippen molar-refractivity contribution in [3.05, 3.63) is 0 Å². The molecule has 88 valence electrons. The molecule has 1 aliphatic heterocycles. The zero-order valence-corrected chi connectivity index (χ0v) is 10.2. The van der Waals surface area contributed by atoms with E-state index in [-0.39, 0.29) is 17.6 Å². The predicted octanol–water partition coefficient (Wildman–Crippen LogP) is 0.622. The molecule has 1 fully saturated rings.